The number of halogens is 4. The summed E-state index contributed by atoms with van der Waals surface area (Å²) < 4.78 is 52.9. The van der Waals surface area contributed by atoms with Crippen molar-refractivity contribution in [3.8, 4) is 0 Å². The van der Waals surface area contributed by atoms with Crippen molar-refractivity contribution >= 4 is 5.91 Å². The van der Waals surface area contributed by atoms with Gasteiger partial charge in [0.2, 0.25) is 0 Å². The molecule has 0 radical (unpaired) electrons. The summed E-state index contributed by atoms with van der Waals surface area (Å²) in [6.07, 6.45) is -3.21. The second-order valence-electron chi connectivity index (χ2n) is 6.73. The number of likely N-dealkylation sites (tertiary alicyclic amines) is 1. The van der Waals surface area contributed by atoms with Crippen LogP contribution in [0, 0.1) is 18.7 Å². The molecule has 0 N–H and O–H groups in total. The summed E-state index contributed by atoms with van der Waals surface area (Å²) >= 11 is 0. The van der Waals surface area contributed by atoms with Crippen molar-refractivity contribution in [1.82, 2.24) is 14.7 Å². The molecule has 1 aliphatic heterocycles. The second-order valence-corrected chi connectivity index (χ2v) is 6.73. The van der Waals surface area contributed by atoms with Gasteiger partial charge < -0.3 is 4.90 Å². The van der Waals surface area contributed by atoms with Gasteiger partial charge in [-0.05, 0) is 42.9 Å². The molecular weight excluding hydrogens is 350 g/mol. The van der Waals surface area contributed by atoms with Gasteiger partial charge in [-0.2, -0.15) is 18.3 Å². The van der Waals surface area contributed by atoms with Crippen molar-refractivity contribution in [3.63, 3.8) is 0 Å². The molecule has 1 aromatic heterocycles. The number of hydrogen-bond donors (Lipinski definition) is 0. The summed E-state index contributed by atoms with van der Waals surface area (Å²) in [5.41, 5.74) is 0.269. The Bertz CT molecular complexity index is 828. The number of carbonyl (C=O) groups excluding carboxylic acids is 1. The van der Waals surface area contributed by atoms with Gasteiger partial charge >= 0.3 is 6.18 Å². The molecule has 3 rings (SSSR count). The van der Waals surface area contributed by atoms with Crippen LogP contribution in [0.15, 0.2) is 24.3 Å². The number of benzene rings is 1. The number of rotatable bonds is 3. The van der Waals surface area contributed by atoms with Crippen molar-refractivity contribution in [3.05, 3.63) is 52.6 Å². The number of amides is 1. The van der Waals surface area contributed by atoms with Crippen LogP contribution in [0.25, 0.3) is 0 Å². The van der Waals surface area contributed by atoms with Gasteiger partial charge in [0.05, 0.1) is 0 Å². The monoisotopic (exact) mass is 369 g/mol. The summed E-state index contributed by atoms with van der Waals surface area (Å²) in [5, 5.41) is 3.71. The summed E-state index contributed by atoms with van der Waals surface area (Å²) in [6, 6.07) is 5.85. The van der Waals surface area contributed by atoms with Crippen LogP contribution in [0.5, 0.6) is 0 Å². The van der Waals surface area contributed by atoms with Crippen molar-refractivity contribution < 1.29 is 22.4 Å². The zero-order valence-electron chi connectivity index (χ0n) is 14.5. The maximum atomic E-state index is 13.6. The Morgan fingerprint density at radius 1 is 1.31 bits per heavy atom. The van der Waals surface area contributed by atoms with Crippen LogP contribution < -0.4 is 0 Å². The van der Waals surface area contributed by atoms with E-state index in [1.807, 2.05) is 6.07 Å². The molecule has 140 valence electrons. The second kappa shape index (κ2) is 6.74. The SMILES string of the molecule is Cc1ccc(CC2CCN(C(=O)c3cc(C(F)(F)F)n(C)n3)C2)cc1F. The lowest BCUT2D eigenvalue weighted by Gasteiger charge is -2.15. The lowest BCUT2D eigenvalue weighted by molar-refractivity contribution is -0.143. The number of carbonyl (C=O) groups is 1. The van der Waals surface area contributed by atoms with E-state index in [2.05, 4.69) is 5.10 Å². The Kier molecular flexibility index (Phi) is 4.77. The number of aryl methyl sites for hydroxylation is 2. The molecule has 4 nitrogen and oxygen atoms in total. The molecular formula is C18H19F4N3O. The maximum Gasteiger partial charge on any atom is 0.433 e. The van der Waals surface area contributed by atoms with Gasteiger partial charge in [-0.1, -0.05) is 12.1 Å². The van der Waals surface area contributed by atoms with Crippen LogP contribution in [0.3, 0.4) is 0 Å². The predicted octanol–water partition coefficient (Wildman–Crippen LogP) is 3.59. The topological polar surface area (TPSA) is 38.1 Å². The van der Waals surface area contributed by atoms with E-state index < -0.39 is 17.8 Å². The highest BCUT2D eigenvalue weighted by molar-refractivity contribution is 5.92. The molecule has 2 aromatic rings. The minimum absolute atomic E-state index is 0.145. The highest BCUT2D eigenvalue weighted by atomic mass is 19.4. The third kappa shape index (κ3) is 3.73. The number of alkyl halides is 3. The Hall–Kier alpha value is -2.38. The zero-order chi connectivity index (χ0) is 19.1. The molecule has 1 amide bonds. The van der Waals surface area contributed by atoms with E-state index in [0.29, 0.717) is 29.8 Å². The van der Waals surface area contributed by atoms with Crippen molar-refractivity contribution in [1.29, 1.82) is 0 Å². The van der Waals surface area contributed by atoms with E-state index in [1.165, 1.54) is 18.0 Å². The molecule has 1 saturated heterocycles. The molecule has 2 heterocycles. The molecule has 1 aromatic carbocycles. The largest absolute Gasteiger partial charge is 0.433 e. The van der Waals surface area contributed by atoms with Crippen LogP contribution in [-0.4, -0.2) is 33.7 Å². The van der Waals surface area contributed by atoms with Crippen molar-refractivity contribution in [2.75, 3.05) is 13.1 Å². The van der Waals surface area contributed by atoms with E-state index in [-0.39, 0.29) is 17.4 Å². The van der Waals surface area contributed by atoms with E-state index in [4.69, 9.17) is 0 Å². The van der Waals surface area contributed by atoms with Gasteiger partial charge in [0.25, 0.3) is 5.91 Å². The van der Waals surface area contributed by atoms with E-state index in [9.17, 15) is 22.4 Å². The van der Waals surface area contributed by atoms with Gasteiger partial charge in [-0.15, -0.1) is 0 Å². The number of hydrogen-bond acceptors (Lipinski definition) is 2. The van der Waals surface area contributed by atoms with Gasteiger partial charge in [0, 0.05) is 26.2 Å². The summed E-state index contributed by atoms with van der Waals surface area (Å²) in [4.78, 5) is 14.0. The normalized spacial score (nSPS) is 17.8. The molecule has 0 spiro atoms. The Balaban J connectivity index is 1.66. The molecule has 0 aliphatic carbocycles. The van der Waals surface area contributed by atoms with Gasteiger partial charge in [0.15, 0.2) is 5.69 Å². The Morgan fingerprint density at radius 3 is 2.65 bits per heavy atom. The minimum Gasteiger partial charge on any atom is -0.337 e. The van der Waals surface area contributed by atoms with Gasteiger partial charge in [-0.3, -0.25) is 9.48 Å². The smallest absolute Gasteiger partial charge is 0.337 e. The Labute approximate surface area is 148 Å². The first kappa shape index (κ1) is 18.4. The summed E-state index contributed by atoms with van der Waals surface area (Å²) in [7, 11) is 1.17. The number of nitrogens with zero attached hydrogens (tertiary/aromatic N) is 3. The van der Waals surface area contributed by atoms with Gasteiger partial charge in [-0.25, -0.2) is 4.39 Å². The first-order valence-corrected chi connectivity index (χ1v) is 8.30. The summed E-state index contributed by atoms with van der Waals surface area (Å²) in [5.74, 6) is -0.623. The van der Waals surface area contributed by atoms with E-state index >= 15 is 0 Å². The highest BCUT2D eigenvalue weighted by Crippen LogP contribution is 2.30. The molecule has 0 saturated carbocycles. The van der Waals surface area contributed by atoms with Crippen molar-refractivity contribution in [2.45, 2.75) is 25.9 Å². The molecule has 26 heavy (non-hydrogen) atoms. The zero-order valence-corrected chi connectivity index (χ0v) is 14.5. The highest BCUT2D eigenvalue weighted by Gasteiger charge is 2.37. The fraction of sp³-hybridized carbons (Fsp3) is 0.444. The van der Waals surface area contributed by atoms with E-state index in [1.54, 1.807) is 13.0 Å². The standard InChI is InChI=1S/C18H19F4N3O/c1-11-3-4-12(8-14(11)19)7-13-5-6-25(10-13)17(26)15-9-16(18(20,21)22)24(2)23-15/h3-4,8-9,13H,5-7,10H2,1-2H3. The third-order valence-electron chi connectivity index (χ3n) is 4.72. The molecule has 0 bridgehead atoms. The molecule has 1 atom stereocenters. The van der Waals surface area contributed by atoms with Crippen LogP contribution in [-0.2, 0) is 19.6 Å². The predicted molar refractivity (Wildman–Crippen MR) is 87.1 cm³/mol. The number of aromatic nitrogens is 2. The fourth-order valence-corrected chi connectivity index (χ4v) is 3.28. The quantitative estimate of drug-likeness (QED) is 0.776. The molecule has 1 fully saturated rings. The molecule has 8 heteroatoms. The third-order valence-corrected chi connectivity index (χ3v) is 4.72. The van der Waals surface area contributed by atoms with Crippen LogP contribution in [0.4, 0.5) is 17.6 Å². The summed E-state index contributed by atoms with van der Waals surface area (Å²) in [6.45, 7) is 2.57. The van der Waals surface area contributed by atoms with E-state index in [0.717, 1.165) is 18.1 Å². The lowest BCUT2D eigenvalue weighted by atomic mass is 9.98. The molecule has 1 unspecified atom stereocenters. The average molecular weight is 369 g/mol. The van der Waals surface area contributed by atoms with Crippen LogP contribution in [0.1, 0.15) is 33.7 Å². The average Bonchev–Trinajstić information content (AvgIpc) is 3.16. The Morgan fingerprint density at radius 2 is 2.04 bits per heavy atom. The minimum atomic E-state index is -4.55. The maximum absolute atomic E-state index is 13.6. The first-order chi connectivity index (χ1) is 12.1. The first-order valence-electron chi connectivity index (χ1n) is 8.30. The fourth-order valence-electron chi connectivity index (χ4n) is 3.28. The molecule has 1 aliphatic rings. The van der Waals surface area contributed by atoms with Gasteiger partial charge in [0.1, 0.15) is 11.5 Å². The van der Waals surface area contributed by atoms with Crippen LogP contribution in [0.2, 0.25) is 0 Å². The van der Waals surface area contributed by atoms with Crippen molar-refractivity contribution in [2.24, 2.45) is 13.0 Å². The lowest BCUT2D eigenvalue weighted by Crippen LogP contribution is -2.29. The van der Waals surface area contributed by atoms with Crippen LogP contribution >= 0.6 is 0 Å².